The van der Waals surface area contributed by atoms with Crippen molar-refractivity contribution in [3.63, 3.8) is 0 Å². The Morgan fingerprint density at radius 2 is 0.475 bits per heavy atom. The molecule has 0 fully saturated rings. The van der Waals surface area contributed by atoms with Crippen LogP contribution >= 0.6 is 23.5 Å². The Hall–Kier alpha value is -2.70. The first-order chi connectivity index (χ1) is 39.5. The van der Waals surface area contributed by atoms with Gasteiger partial charge >= 0.3 is 0 Å². The highest BCUT2D eigenvalue weighted by atomic mass is 32.1. The third kappa shape index (κ3) is 17.7. The predicted octanol–water partition coefficient (Wildman–Crippen LogP) is 25.7. The van der Waals surface area contributed by atoms with Gasteiger partial charge in [0.2, 0.25) is 0 Å². The Balaban J connectivity index is 1.22. The van der Waals surface area contributed by atoms with Crippen molar-refractivity contribution in [3.8, 4) is 22.3 Å². The fourth-order valence-electron chi connectivity index (χ4n) is 15.3. The van der Waals surface area contributed by atoms with Gasteiger partial charge in [0, 0.05) is 22.0 Å². The number of nitrogens with zero attached hydrogens (tertiary/aromatic N) is 4. The lowest BCUT2D eigenvalue weighted by Gasteiger charge is -2.35. The molecule has 0 saturated carbocycles. The van der Waals surface area contributed by atoms with E-state index in [0.717, 1.165) is 11.0 Å². The van der Waals surface area contributed by atoms with E-state index in [0.29, 0.717) is 0 Å². The zero-order valence-corrected chi connectivity index (χ0v) is 54.5. The molecule has 7 rings (SSSR count). The number of fused-ring (bicyclic) bond motifs is 10. The molecule has 5 aromatic rings. The van der Waals surface area contributed by atoms with Crippen LogP contribution in [0.3, 0.4) is 0 Å². The Bertz CT molecular complexity index is 2270. The highest BCUT2D eigenvalue weighted by Gasteiger charge is 2.49. The van der Waals surface area contributed by atoms with Crippen LogP contribution in [0.1, 0.15) is 369 Å². The summed E-state index contributed by atoms with van der Waals surface area (Å²) in [5, 5.41) is 0. The zero-order chi connectivity index (χ0) is 56.1. The SMILES string of the molecule is CCCCCCCCCCCCCC1(CCCCCCCCCCCCC)c2cc3c(cc2-c2c1cc(C)c1nsnc21)C(CCCCCCCCCCCCC)(CCCCCCCCCCCCC)c1cc(C)c2nsnc2c1-3. The summed E-state index contributed by atoms with van der Waals surface area (Å²) in [6.07, 6.45) is 65.7. The summed E-state index contributed by atoms with van der Waals surface area (Å²) in [5.41, 5.74) is 19.4. The van der Waals surface area contributed by atoms with E-state index in [1.54, 1.807) is 22.3 Å². The largest absolute Gasteiger partial charge is 0.173 e. The third-order valence-corrected chi connectivity index (χ3v) is 21.1. The van der Waals surface area contributed by atoms with Crippen molar-refractivity contribution < 1.29 is 0 Å². The molecule has 0 atom stereocenters. The van der Waals surface area contributed by atoms with E-state index >= 15 is 0 Å². The van der Waals surface area contributed by atoms with E-state index < -0.39 is 0 Å². The molecule has 2 aliphatic carbocycles. The summed E-state index contributed by atoms with van der Waals surface area (Å²) in [5.74, 6) is 0. The van der Waals surface area contributed by atoms with Gasteiger partial charge in [-0.3, -0.25) is 0 Å². The molecule has 0 unspecified atom stereocenters. The van der Waals surface area contributed by atoms with E-state index in [1.165, 1.54) is 376 Å². The van der Waals surface area contributed by atoms with Crippen LogP contribution in [0.2, 0.25) is 0 Å². The molecule has 4 nitrogen and oxygen atoms in total. The second-order valence-electron chi connectivity index (χ2n) is 26.4. The van der Waals surface area contributed by atoms with Gasteiger partial charge in [-0.05, 0) is 96.2 Å². The lowest BCUT2D eigenvalue weighted by atomic mass is 9.68. The number of aromatic nitrogens is 4. The van der Waals surface area contributed by atoms with E-state index in [1.807, 2.05) is 0 Å². The molecule has 2 heterocycles. The first-order valence-electron chi connectivity index (χ1n) is 35.2. The van der Waals surface area contributed by atoms with Crippen LogP contribution in [0.5, 0.6) is 0 Å². The van der Waals surface area contributed by atoms with E-state index in [-0.39, 0.29) is 10.8 Å². The molecule has 2 aromatic heterocycles. The van der Waals surface area contributed by atoms with Gasteiger partial charge in [0.25, 0.3) is 0 Å². The number of unbranched alkanes of at least 4 members (excludes halogenated alkanes) is 40. The maximum Gasteiger partial charge on any atom is 0.113 e. The Labute approximate surface area is 500 Å². The highest BCUT2D eigenvalue weighted by Crippen LogP contribution is 2.63. The molecule has 2 aliphatic rings. The smallest absolute Gasteiger partial charge is 0.113 e. The molecule has 0 bridgehead atoms. The van der Waals surface area contributed by atoms with Crippen molar-refractivity contribution in [2.45, 2.75) is 361 Å². The summed E-state index contributed by atoms with van der Waals surface area (Å²) < 4.78 is 20.7. The van der Waals surface area contributed by atoms with Crippen molar-refractivity contribution in [3.05, 3.63) is 57.6 Å². The fourth-order valence-corrected chi connectivity index (χ4v) is 16.5. The third-order valence-electron chi connectivity index (χ3n) is 20.0. The average molecular weight is 1130 g/mol. The fraction of sp³-hybridized carbons (Fsp3) is 0.757. The van der Waals surface area contributed by atoms with Gasteiger partial charge in [-0.1, -0.05) is 322 Å². The van der Waals surface area contributed by atoms with Crippen molar-refractivity contribution in [1.82, 2.24) is 17.5 Å². The molecule has 0 amide bonds. The predicted molar refractivity (Wildman–Crippen MR) is 355 cm³/mol. The lowest BCUT2D eigenvalue weighted by molar-refractivity contribution is 0.393. The molecule has 446 valence electrons. The number of aryl methyl sites for hydroxylation is 2. The topological polar surface area (TPSA) is 51.6 Å². The van der Waals surface area contributed by atoms with Gasteiger partial charge in [0.15, 0.2) is 0 Å². The van der Waals surface area contributed by atoms with E-state index in [9.17, 15) is 0 Å². The molecular weight excluding hydrogens is 1010 g/mol. The van der Waals surface area contributed by atoms with Crippen molar-refractivity contribution in [2.24, 2.45) is 0 Å². The monoisotopic (exact) mass is 1130 g/mol. The summed E-state index contributed by atoms with van der Waals surface area (Å²) in [6, 6.07) is 10.9. The van der Waals surface area contributed by atoms with Crippen LogP contribution in [0.4, 0.5) is 0 Å². The van der Waals surface area contributed by atoms with Crippen molar-refractivity contribution in [2.75, 3.05) is 0 Å². The van der Waals surface area contributed by atoms with E-state index in [2.05, 4.69) is 65.8 Å². The van der Waals surface area contributed by atoms with Crippen LogP contribution < -0.4 is 0 Å². The zero-order valence-electron chi connectivity index (χ0n) is 52.9. The minimum atomic E-state index is -0.0393. The first kappa shape index (κ1) is 64.9. The molecule has 0 N–H and O–H groups in total. The standard InChI is InChI=1S/C74H118N4S2/c1-7-11-15-19-23-27-31-35-39-43-47-51-73(52-48-44-40-36-32-28-24-20-16-12-8-2)63-57-62-64(58-61(63)67-65(73)55-59(5)69-71(67)77-79-75-69)74(53-49-45-41-37-33-29-25-21-17-13-9-3,54-50-46-42-38-34-30-26-22-18-14-10-4)66-56-60(6)70-72(68(62)66)78-80-76-70/h55-58H,7-54H2,1-6H3. The molecule has 0 spiro atoms. The molecule has 0 saturated heterocycles. The van der Waals surface area contributed by atoms with Gasteiger partial charge in [-0.15, -0.1) is 0 Å². The van der Waals surface area contributed by atoms with Crippen LogP contribution in [0.15, 0.2) is 24.3 Å². The van der Waals surface area contributed by atoms with Gasteiger partial charge < -0.3 is 0 Å². The molecular formula is C74H118N4S2. The van der Waals surface area contributed by atoms with Crippen molar-refractivity contribution >= 4 is 45.5 Å². The molecule has 0 radical (unpaired) electrons. The minimum absolute atomic E-state index is 0.0393. The van der Waals surface area contributed by atoms with Gasteiger partial charge in [0.1, 0.15) is 22.1 Å². The molecule has 3 aromatic carbocycles. The number of hydrogen-bond donors (Lipinski definition) is 0. The Morgan fingerprint density at radius 3 is 0.713 bits per heavy atom. The summed E-state index contributed by atoms with van der Waals surface area (Å²) >= 11 is 2.87. The normalized spacial score (nSPS) is 14.0. The minimum Gasteiger partial charge on any atom is -0.173 e. The molecule has 6 heteroatoms. The summed E-state index contributed by atoms with van der Waals surface area (Å²) in [7, 11) is 0. The van der Waals surface area contributed by atoms with Gasteiger partial charge in [-0.2, -0.15) is 17.5 Å². The average Bonchev–Trinajstić information content (AvgIpc) is 3.80. The van der Waals surface area contributed by atoms with E-state index in [4.69, 9.17) is 17.5 Å². The maximum atomic E-state index is 5.29. The highest BCUT2D eigenvalue weighted by molar-refractivity contribution is 7.00. The van der Waals surface area contributed by atoms with Gasteiger partial charge in [-0.25, -0.2) is 0 Å². The first-order valence-corrected chi connectivity index (χ1v) is 36.6. The quantitative estimate of drug-likeness (QED) is 0.0364. The summed E-state index contributed by atoms with van der Waals surface area (Å²) in [4.78, 5) is 0. The lowest BCUT2D eigenvalue weighted by Crippen LogP contribution is -2.27. The molecule has 0 aliphatic heterocycles. The van der Waals surface area contributed by atoms with Crippen LogP contribution in [0.25, 0.3) is 44.3 Å². The van der Waals surface area contributed by atoms with Crippen LogP contribution in [-0.2, 0) is 10.8 Å². The Kier molecular flexibility index (Phi) is 29.4. The second kappa shape index (κ2) is 36.2. The Morgan fingerprint density at radius 1 is 0.263 bits per heavy atom. The van der Waals surface area contributed by atoms with Crippen LogP contribution in [0, 0.1) is 13.8 Å². The number of hydrogen-bond acceptors (Lipinski definition) is 6. The van der Waals surface area contributed by atoms with Gasteiger partial charge in [0.05, 0.1) is 23.5 Å². The second-order valence-corrected chi connectivity index (χ2v) is 27.5. The van der Waals surface area contributed by atoms with Crippen LogP contribution in [-0.4, -0.2) is 17.5 Å². The number of rotatable bonds is 48. The maximum absolute atomic E-state index is 5.29. The number of benzene rings is 3. The van der Waals surface area contributed by atoms with Crippen molar-refractivity contribution in [1.29, 1.82) is 0 Å². The molecule has 80 heavy (non-hydrogen) atoms. The summed E-state index contributed by atoms with van der Waals surface area (Å²) in [6.45, 7) is 14.0.